The van der Waals surface area contributed by atoms with E-state index in [1.807, 2.05) is 26.0 Å². The average Bonchev–Trinajstić information content (AvgIpc) is 2.48. The van der Waals surface area contributed by atoms with Crippen LogP contribution in [0.3, 0.4) is 0 Å². The van der Waals surface area contributed by atoms with Crippen molar-refractivity contribution in [3.8, 4) is 0 Å². The Morgan fingerprint density at radius 2 is 2.14 bits per heavy atom. The molecule has 5 heteroatoms. The molecule has 2 rings (SSSR count). The second-order valence-corrected chi connectivity index (χ2v) is 5.50. The number of anilines is 1. The summed E-state index contributed by atoms with van der Waals surface area (Å²) >= 11 is 0. The summed E-state index contributed by atoms with van der Waals surface area (Å²) in [5, 5.41) is 3.37. The number of nitrogens with one attached hydrogen (secondary N) is 1. The highest BCUT2D eigenvalue weighted by Crippen LogP contribution is 2.35. The van der Waals surface area contributed by atoms with Crippen molar-refractivity contribution in [3.05, 3.63) is 24.0 Å². The fourth-order valence-corrected chi connectivity index (χ4v) is 2.62. The Morgan fingerprint density at radius 1 is 1.43 bits per heavy atom. The van der Waals surface area contributed by atoms with Crippen LogP contribution in [0.15, 0.2) is 18.3 Å². The summed E-state index contributed by atoms with van der Waals surface area (Å²) in [4.78, 5) is 18.3. The smallest absolute Gasteiger partial charge is 0.272 e. The topological polar surface area (TPSA) is 54.5 Å². The van der Waals surface area contributed by atoms with Gasteiger partial charge in [0.25, 0.3) is 5.91 Å². The molecule has 1 aliphatic carbocycles. The summed E-state index contributed by atoms with van der Waals surface area (Å²) in [6.45, 7) is 6.11. The fourth-order valence-electron chi connectivity index (χ4n) is 2.62. The highest BCUT2D eigenvalue weighted by molar-refractivity contribution is 5.93. The maximum atomic E-state index is 12.3. The third-order valence-corrected chi connectivity index (χ3v) is 4.34. The van der Waals surface area contributed by atoms with Crippen LogP contribution in [-0.2, 0) is 4.74 Å². The molecule has 0 saturated heterocycles. The van der Waals surface area contributed by atoms with Crippen LogP contribution < -0.4 is 5.32 Å². The molecule has 1 aliphatic rings. The Morgan fingerprint density at radius 3 is 2.67 bits per heavy atom. The van der Waals surface area contributed by atoms with E-state index in [1.165, 1.54) is 6.42 Å². The number of carbonyl (C=O) groups is 1. The quantitative estimate of drug-likeness (QED) is 0.839. The summed E-state index contributed by atoms with van der Waals surface area (Å²) < 4.78 is 5.59. The maximum Gasteiger partial charge on any atom is 0.272 e. The number of hydrogen-bond donors (Lipinski definition) is 1. The monoisotopic (exact) mass is 291 g/mol. The SMILES string of the molecule is CCN(CC)C(=O)c1cc(NCC2(OC)CCC2)ccn1. The van der Waals surface area contributed by atoms with Gasteiger partial charge in [-0.15, -0.1) is 0 Å². The second kappa shape index (κ2) is 6.89. The maximum absolute atomic E-state index is 12.3. The molecule has 1 fully saturated rings. The minimum absolute atomic E-state index is 0.0197. The minimum Gasteiger partial charge on any atom is -0.382 e. The first-order valence-corrected chi connectivity index (χ1v) is 7.68. The molecule has 1 saturated carbocycles. The molecule has 21 heavy (non-hydrogen) atoms. The first-order chi connectivity index (χ1) is 10.1. The van der Waals surface area contributed by atoms with E-state index < -0.39 is 0 Å². The lowest BCUT2D eigenvalue weighted by molar-refractivity contribution is -0.0601. The van der Waals surface area contributed by atoms with Crippen molar-refractivity contribution >= 4 is 11.6 Å². The lowest BCUT2D eigenvalue weighted by Gasteiger charge is -2.40. The van der Waals surface area contributed by atoms with Crippen LogP contribution in [0.4, 0.5) is 5.69 Å². The van der Waals surface area contributed by atoms with Crippen molar-refractivity contribution < 1.29 is 9.53 Å². The van der Waals surface area contributed by atoms with Gasteiger partial charge in [0.1, 0.15) is 5.69 Å². The van der Waals surface area contributed by atoms with E-state index in [0.29, 0.717) is 18.8 Å². The molecule has 1 aromatic rings. The van der Waals surface area contributed by atoms with E-state index in [1.54, 1.807) is 18.2 Å². The summed E-state index contributed by atoms with van der Waals surface area (Å²) in [6.07, 6.45) is 5.08. The number of hydrogen-bond acceptors (Lipinski definition) is 4. The van der Waals surface area contributed by atoms with Crippen LogP contribution in [0, 0.1) is 0 Å². The van der Waals surface area contributed by atoms with E-state index in [4.69, 9.17) is 4.74 Å². The van der Waals surface area contributed by atoms with Gasteiger partial charge in [0, 0.05) is 38.6 Å². The van der Waals surface area contributed by atoms with Crippen molar-refractivity contribution in [2.45, 2.75) is 38.7 Å². The summed E-state index contributed by atoms with van der Waals surface area (Å²) in [5.41, 5.74) is 1.37. The van der Waals surface area contributed by atoms with E-state index in [9.17, 15) is 4.79 Å². The van der Waals surface area contributed by atoms with Crippen LogP contribution in [0.2, 0.25) is 0 Å². The predicted octanol–water partition coefficient (Wildman–Crippen LogP) is 2.54. The first-order valence-electron chi connectivity index (χ1n) is 7.68. The Hall–Kier alpha value is -1.62. The van der Waals surface area contributed by atoms with Crippen LogP contribution in [0.1, 0.15) is 43.6 Å². The first kappa shape index (κ1) is 15.8. The van der Waals surface area contributed by atoms with Gasteiger partial charge in [-0.25, -0.2) is 0 Å². The van der Waals surface area contributed by atoms with Crippen molar-refractivity contribution in [2.24, 2.45) is 0 Å². The van der Waals surface area contributed by atoms with Gasteiger partial charge in [0.15, 0.2) is 0 Å². The zero-order valence-corrected chi connectivity index (χ0v) is 13.2. The van der Waals surface area contributed by atoms with Crippen molar-refractivity contribution in [2.75, 3.05) is 32.1 Å². The average molecular weight is 291 g/mol. The number of aromatic nitrogens is 1. The van der Waals surface area contributed by atoms with Gasteiger partial charge in [-0.05, 0) is 45.2 Å². The van der Waals surface area contributed by atoms with Crippen LogP contribution in [0.25, 0.3) is 0 Å². The molecule has 116 valence electrons. The number of amides is 1. The Bertz CT molecular complexity index is 477. The zero-order chi connectivity index (χ0) is 15.3. The van der Waals surface area contributed by atoms with Crippen LogP contribution in [0.5, 0.6) is 0 Å². The van der Waals surface area contributed by atoms with E-state index in [2.05, 4.69) is 10.3 Å². The van der Waals surface area contributed by atoms with Gasteiger partial charge < -0.3 is 15.0 Å². The van der Waals surface area contributed by atoms with E-state index in [0.717, 1.165) is 25.1 Å². The fraction of sp³-hybridized carbons (Fsp3) is 0.625. The molecule has 0 spiro atoms. The molecule has 0 radical (unpaired) electrons. The van der Waals surface area contributed by atoms with Gasteiger partial charge in [-0.2, -0.15) is 0 Å². The lowest BCUT2D eigenvalue weighted by atomic mass is 9.80. The summed E-state index contributed by atoms with van der Waals surface area (Å²) in [5.74, 6) is -0.0197. The van der Waals surface area contributed by atoms with Crippen molar-refractivity contribution in [1.82, 2.24) is 9.88 Å². The number of carbonyl (C=O) groups excluding carboxylic acids is 1. The number of rotatable bonds is 7. The molecule has 0 atom stereocenters. The normalized spacial score (nSPS) is 16.1. The third-order valence-electron chi connectivity index (χ3n) is 4.34. The highest BCUT2D eigenvalue weighted by atomic mass is 16.5. The molecule has 1 aromatic heterocycles. The molecule has 1 amide bonds. The van der Waals surface area contributed by atoms with Gasteiger partial charge in [0.2, 0.25) is 0 Å². The molecular formula is C16H25N3O2. The zero-order valence-electron chi connectivity index (χ0n) is 13.2. The molecule has 0 aromatic carbocycles. The third kappa shape index (κ3) is 3.53. The molecule has 5 nitrogen and oxygen atoms in total. The second-order valence-electron chi connectivity index (χ2n) is 5.50. The van der Waals surface area contributed by atoms with Crippen LogP contribution >= 0.6 is 0 Å². The van der Waals surface area contributed by atoms with Crippen LogP contribution in [-0.4, -0.2) is 48.1 Å². The van der Waals surface area contributed by atoms with Gasteiger partial charge in [-0.3, -0.25) is 9.78 Å². The van der Waals surface area contributed by atoms with Crippen molar-refractivity contribution in [1.29, 1.82) is 0 Å². The van der Waals surface area contributed by atoms with E-state index in [-0.39, 0.29) is 11.5 Å². The molecule has 0 unspecified atom stereocenters. The molecular weight excluding hydrogens is 266 g/mol. The lowest BCUT2D eigenvalue weighted by Crippen LogP contribution is -2.45. The Labute approximate surface area is 126 Å². The molecule has 0 bridgehead atoms. The largest absolute Gasteiger partial charge is 0.382 e. The van der Waals surface area contributed by atoms with Gasteiger partial charge in [0.05, 0.1) is 5.60 Å². The standard InChI is InChI=1S/C16H25N3O2/c1-4-19(5-2)15(20)14-11-13(7-10-17-14)18-12-16(21-3)8-6-9-16/h7,10-11H,4-6,8-9,12H2,1-3H3,(H,17,18). The number of ether oxygens (including phenoxy) is 1. The Kier molecular flexibility index (Phi) is 5.17. The highest BCUT2D eigenvalue weighted by Gasteiger charge is 2.36. The Balaban J connectivity index is 2.02. The number of methoxy groups -OCH3 is 1. The predicted molar refractivity (Wildman–Crippen MR) is 83.6 cm³/mol. The summed E-state index contributed by atoms with van der Waals surface area (Å²) in [6, 6.07) is 3.71. The molecule has 1 N–H and O–H groups in total. The molecule has 1 heterocycles. The van der Waals surface area contributed by atoms with Gasteiger partial charge >= 0.3 is 0 Å². The molecule has 0 aliphatic heterocycles. The van der Waals surface area contributed by atoms with E-state index >= 15 is 0 Å². The minimum atomic E-state index is -0.0354. The number of pyridine rings is 1. The van der Waals surface area contributed by atoms with Crippen molar-refractivity contribution in [3.63, 3.8) is 0 Å². The van der Waals surface area contributed by atoms with Gasteiger partial charge in [-0.1, -0.05) is 0 Å². The number of nitrogens with zero attached hydrogens (tertiary/aromatic N) is 2. The summed E-state index contributed by atoms with van der Waals surface area (Å²) in [7, 11) is 1.77.